The summed E-state index contributed by atoms with van der Waals surface area (Å²) in [5.74, 6) is 0.976. The van der Waals surface area contributed by atoms with Crippen molar-refractivity contribution in [3.8, 4) is 0 Å². The van der Waals surface area contributed by atoms with E-state index in [1.165, 1.54) is 32.4 Å². The molecule has 8 heteroatoms. The average Bonchev–Trinajstić information content (AvgIpc) is 3.06. The minimum Gasteiger partial charge on any atom is -0.370 e. The number of rotatable bonds is 4. The SMILES string of the molecule is CN=C(NCCN1CCCCC1)N1CCOC(c2cnn(C)c2)C1.I. The van der Waals surface area contributed by atoms with Gasteiger partial charge in [0, 0.05) is 45.5 Å². The van der Waals surface area contributed by atoms with Gasteiger partial charge in [0.05, 0.1) is 19.3 Å². The smallest absolute Gasteiger partial charge is 0.193 e. The van der Waals surface area contributed by atoms with Crippen LogP contribution in [0.2, 0.25) is 0 Å². The van der Waals surface area contributed by atoms with Crippen molar-refractivity contribution in [2.24, 2.45) is 12.0 Å². The first-order chi connectivity index (χ1) is 11.8. The number of likely N-dealkylation sites (tertiary alicyclic amines) is 1. The third-order valence-electron chi connectivity index (χ3n) is 4.83. The zero-order chi connectivity index (χ0) is 16.8. The molecule has 3 heterocycles. The lowest BCUT2D eigenvalue weighted by molar-refractivity contribution is -0.00805. The molecule has 2 saturated heterocycles. The van der Waals surface area contributed by atoms with E-state index in [-0.39, 0.29) is 30.1 Å². The molecule has 7 nitrogen and oxygen atoms in total. The van der Waals surface area contributed by atoms with Crippen LogP contribution < -0.4 is 5.32 Å². The van der Waals surface area contributed by atoms with Crippen molar-refractivity contribution in [1.29, 1.82) is 0 Å². The van der Waals surface area contributed by atoms with E-state index >= 15 is 0 Å². The van der Waals surface area contributed by atoms with Crippen LogP contribution >= 0.6 is 24.0 Å². The van der Waals surface area contributed by atoms with Crippen LogP contribution in [-0.2, 0) is 11.8 Å². The van der Waals surface area contributed by atoms with Gasteiger partial charge in [-0.1, -0.05) is 6.42 Å². The van der Waals surface area contributed by atoms with Crippen LogP contribution in [-0.4, -0.2) is 78.5 Å². The lowest BCUT2D eigenvalue weighted by Crippen LogP contribution is -2.49. The summed E-state index contributed by atoms with van der Waals surface area (Å²) in [5, 5.41) is 7.77. The molecule has 0 aliphatic carbocycles. The minimum atomic E-state index is 0. The zero-order valence-electron chi connectivity index (χ0n) is 15.4. The largest absolute Gasteiger partial charge is 0.370 e. The number of nitrogens with zero attached hydrogens (tertiary/aromatic N) is 5. The van der Waals surface area contributed by atoms with Crippen molar-refractivity contribution in [3.05, 3.63) is 18.0 Å². The Hall–Kier alpha value is -0.870. The number of hydrogen-bond acceptors (Lipinski definition) is 4. The molecule has 2 aliphatic rings. The number of halogens is 1. The molecule has 1 unspecified atom stereocenters. The molecule has 2 aliphatic heterocycles. The molecule has 0 radical (unpaired) electrons. The number of ether oxygens (including phenoxy) is 1. The monoisotopic (exact) mass is 462 g/mol. The fourth-order valence-corrected chi connectivity index (χ4v) is 3.49. The number of piperidine rings is 1. The van der Waals surface area contributed by atoms with Crippen molar-refractivity contribution in [3.63, 3.8) is 0 Å². The summed E-state index contributed by atoms with van der Waals surface area (Å²) >= 11 is 0. The van der Waals surface area contributed by atoms with E-state index in [0.29, 0.717) is 6.61 Å². The predicted octanol–water partition coefficient (Wildman–Crippen LogP) is 1.47. The quantitative estimate of drug-likeness (QED) is 0.418. The molecule has 0 bridgehead atoms. The van der Waals surface area contributed by atoms with Gasteiger partial charge in [0.1, 0.15) is 6.10 Å². The van der Waals surface area contributed by atoms with E-state index < -0.39 is 0 Å². The van der Waals surface area contributed by atoms with E-state index in [0.717, 1.165) is 37.7 Å². The van der Waals surface area contributed by atoms with Crippen LogP contribution in [0.4, 0.5) is 0 Å². The molecule has 0 spiro atoms. The van der Waals surface area contributed by atoms with Gasteiger partial charge in [0.2, 0.25) is 0 Å². The molecule has 1 atom stereocenters. The molecule has 142 valence electrons. The molecule has 25 heavy (non-hydrogen) atoms. The Labute approximate surface area is 167 Å². The molecule has 1 aromatic heterocycles. The van der Waals surface area contributed by atoms with E-state index in [2.05, 4.69) is 25.2 Å². The third kappa shape index (κ3) is 5.82. The summed E-state index contributed by atoms with van der Waals surface area (Å²) in [6.45, 7) is 6.92. The first-order valence-corrected chi connectivity index (χ1v) is 9.04. The molecule has 1 aromatic rings. The van der Waals surface area contributed by atoms with Crippen LogP contribution in [0.1, 0.15) is 30.9 Å². The lowest BCUT2D eigenvalue weighted by atomic mass is 10.1. The van der Waals surface area contributed by atoms with Gasteiger partial charge in [-0.05, 0) is 25.9 Å². The number of aliphatic imine (C=N–C) groups is 1. The van der Waals surface area contributed by atoms with Gasteiger partial charge < -0.3 is 19.9 Å². The Balaban J connectivity index is 0.00000225. The number of aryl methyl sites for hydroxylation is 1. The fraction of sp³-hybridized carbons (Fsp3) is 0.765. The second-order valence-corrected chi connectivity index (χ2v) is 6.63. The standard InChI is InChI=1S/C17H30N6O.HI/c1-18-17(19-6-9-22-7-4-3-5-8-22)23-10-11-24-16(14-23)15-12-20-21(2)13-15;/h12-13,16H,3-11,14H2,1-2H3,(H,18,19);1H. The van der Waals surface area contributed by atoms with Crippen molar-refractivity contribution in [2.45, 2.75) is 25.4 Å². The Bertz CT molecular complexity index is 543. The summed E-state index contributed by atoms with van der Waals surface area (Å²) in [4.78, 5) is 9.30. The highest BCUT2D eigenvalue weighted by Gasteiger charge is 2.25. The van der Waals surface area contributed by atoms with E-state index in [1.54, 1.807) is 0 Å². The first kappa shape index (κ1) is 20.4. The second-order valence-electron chi connectivity index (χ2n) is 6.63. The van der Waals surface area contributed by atoms with E-state index in [9.17, 15) is 0 Å². The maximum Gasteiger partial charge on any atom is 0.193 e. The van der Waals surface area contributed by atoms with E-state index in [4.69, 9.17) is 4.74 Å². The van der Waals surface area contributed by atoms with Gasteiger partial charge >= 0.3 is 0 Å². The summed E-state index contributed by atoms with van der Waals surface area (Å²) in [5.41, 5.74) is 1.13. The van der Waals surface area contributed by atoms with Crippen molar-refractivity contribution < 1.29 is 4.74 Å². The van der Waals surface area contributed by atoms with Gasteiger partial charge in [0.15, 0.2) is 5.96 Å². The molecular weight excluding hydrogens is 431 g/mol. The Kier molecular flexibility index (Phi) is 8.44. The fourth-order valence-electron chi connectivity index (χ4n) is 3.49. The Morgan fingerprint density at radius 3 is 2.80 bits per heavy atom. The average molecular weight is 462 g/mol. The minimum absolute atomic E-state index is 0. The normalized spacial score (nSPS) is 22.6. The van der Waals surface area contributed by atoms with Gasteiger partial charge in [-0.25, -0.2) is 0 Å². The molecule has 3 rings (SSSR count). The maximum atomic E-state index is 5.92. The zero-order valence-corrected chi connectivity index (χ0v) is 17.7. The number of morpholine rings is 1. The highest BCUT2D eigenvalue weighted by atomic mass is 127. The highest BCUT2D eigenvalue weighted by molar-refractivity contribution is 14.0. The van der Waals surface area contributed by atoms with Gasteiger partial charge in [0.25, 0.3) is 0 Å². The summed E-state index contributed by atoms with van der Waals surface area (Å²) < 4.78 is 7.74. The van der Waals surface area contributed by atoms with Crippen LogP contribution in [0.15, 0.2) is 17.4 Å². The molecular formula is C17H31IN6O. The predicted molar refractivity (Wildman–Crippen MR) is 111 cm³/mol. The van der Waals surface area contributed by atoms with E-state index in [1.807, 2.05) is 31.2 Å². The first-order valence-electron chi connectivity index (χ1n) is 9.04. The maximum absolute atomic E-state index is 5.92. The van der Waals surface area contributed by atoms with Gasteiger partial charge in [-0.2, -0.15) is 5.10 Å². The molecule has 1 N–H and O–H groups in total. The molecule has 2 fully saturated rings. The van der Waals surface area contributed by atoms with Crippen molar-refractivity contribution in [1.82, 2.24) is 24.9 Å². The van der Waals surface area contributed by atoms with Crippen LogP contribution in [0, 0.1) is 0 Å². The Morgan fingerprint density at radius 2 is 2.12 bits per heavy atom. The third-order valence-corrected chi connectivity index (χ3v) is 4.83. The highest BCUT2D eigenvalue weighted by Crippen LogP contribution is 2.21. The van der Waals surface area contributed by atoms with Gasteiger partial charge in [-0.3, -0.25) is 9.67 Å². The molecule has 0 aromatic carbocycles. The Morgan fingerprint density at radius 1 is 1.32 bits per heavy atom. The molecule has 0 amide bonds. The number of aromatic nitrogens is 2. The summed E-state index contributed by atoms with van der Waals surface area (Å²) in [6.07, 6.45) is 8.04. The van der Waals surface area contributed by atoms with Crippen molar-refractivity contribution >= 4 is 29.9 Å². The number of hydrogen-bond donors (Lipinski definition) is 1. The second kappa shape index (κ2) is 10.3. The summed E-state index contributed by atoms with van der Waals surface area (Å²) in [6, 6.07) is 0. The summed E-state index contributed by atoms with van der Waals surface area (Å²) in [7, 11) is 3.79. The number of guanidine groups is 1. The van der Waals surface area contributed by atoms with Crippen molar-refractivity contribution in [2.75, 3.05) is 52.9 Å². The van der Waals surface area contributed by atoms with Crippen LogP contribution in [0.25, 0.3) is 0 Å². The van der Waals surface area contributed by atoms with Gasteiger partial charge in [-0.15, -0.1) is 24.0 Å². The number of nitrogens with one attached hydrogen (secondary N) is 1. The lowest BCUT2D eigenvalue weighted by Gasteiger charge is -2.35. The topological polar surface area (TPSA) is 57.9 Å². The molecule has 0 saturated carbocycles. The van der Waals surface area contributed by atoms with Crippen LogP contribution in [0.5, 0.6) is 0 Å². The van der Waals surface area contributed by atoms with Crippen LogP contribution in [0.3, 0.4) is 0 Å².